The SMILES string of the molecule is CC(C)C(=O)N1CCC(NC2CC(C)N(Cc3ccccc3)C2)CC1. The maximum Gasteiger partial charge on any atom is 0.225 e. The molecule has 2 atom stereocenters. The van der Waals surface area contributed by atoms with Gasteiger partial charge in [0.05, 0.1) is 0 Å². The van der Waals surface area contributed by atoms with Crippen molar-refractivity contribution in [1.29, 1.82) is 0 Å². The summed E-state index contributed by atoms with van der Waals surface area (Å²) in [5, 5.41) is 3.87. The maximum atomic E-state index is 12.1. The van der Waals surface area contributed by atoms with Gasteiger partial charge in [-0.05, 0) is 31.7 Å². The predicted molar refractivity (Wildman–Crippen MR) is 102 cm³/mol. The van der Waals surface area contributed by atoms with E-state index in [1.807, 2.05) is 18.7 Å². The number of hydrogen-bond donors (Lipinski definition) is 1. The van der Waals surface area contributed by atoms with Crippen LogP contribution >= 0.6 is 0 Å². The smallest absolute Gasteiger partial charge is 0.225 e. The van der Waals surface area contributed by atoms with E-state index in [-0.39, 0.29) is 5.92 Å². The average Bonchev–Trinajstić information content (AvgIpc) is 2.95. The zero-order valence-corrected chi connectivity index (χ0v) is 15.9. The number of amides is 1. The van der Waals surface area contributed by atoms with Gasteiger partial charge < -0.3 is 10.2 Å². The quantitative estimate of drug-likeness (QED) is 0.893. The largest absolute Gasteiger partial charge is 0.342 e. The molecular weight excluding hydrogens is 310 g/mol. The molecule has 2 unspecified atom stereocenters. The molecule has 2 heterocycles. The molecule has 0 radical (unpaired) electrons. The van der Waals surface area contributed by atoms with Gasteiger partial charge in [0, 0.05) is 50.2 Å². The Kier molecular flexibility index (Phi) is 6.13. The monoisotopic (exact) mass is 343 g/mol. The lowest BCUT2D eigenvalue weighted by molar-refractivity contribution is -0.135. The number of carbonyl (C=O) groups excluding carboxylic acids is 1. The van der Waals surface area contributed by atoms with Crippen LogP contribution in [-0.2, 0) is 11.3 Å². The van der Waals surface area contributed by atoms with Crippen LogP contribution in [0.15, 0.2) is 30.3 Å². The van der Waals surface area contributed by atoms with Crippen molar-refractivity contribution in [2.75, 3.05) is 19.6 Å². The summed E-state index contributed by atoms with van der Waals surface area (Å²) >= 11 is 0. The van der Waals surface area contributed by atoms with Crippen LogP contribution in [0.1, 0.15) is 45.6 Å². The summed E-state index contributed by atoms with van der Waals surface area (Å²) < 4.78 is 0. The van der Waals surface area contributed by atoms with Crippen molar-refractivity contribution in [1.82, 2.24) is 15.1 Å². The lowest BCUT2D eigenvalue weighted by Gasteiger charge is -2.34. The summed E-state index contributed by atoms with van der Waals surface area (Å²) in [5.41, 5.74) is 1.40. The van der Waals surface area contributed by atoms with Crippen LogP contribution in [0.5, 0.6) is 0 Å². The zero-order chi connectivity index (χ0) is 17.8. The van der Waals surface area contributed by atoms with Crippen molar-refractivity contribution < 1.29 is 4.79 Å². The molecule has 2 saturated heterocycles. The third-order valence-corrected chi connectivity index (χ3v) is 5.70. The summed E-state index contributed by atoms with van der Waals surface area (Å²) in [7, 11) is 0. The predicted octanol–water partition coefficient (Wildman–Crippen LogP) is 2.89. The van der Waals surface area contributed by atoms with E-state index in [1.165, 1.54) is 12.0 Å². The lowest BCUT2D eigenvalue weighted by Crippen LogP contribution is -2.49. The molecule has 4 heteroatoms. The highest BCUT2D eigenvalue weighted by Crippen LogP contribution is 2.22. The first-order valence-corrected chi connectivity index (χ1v) is 9.85. The molecule has 0 bridgehead atoms. The highest BCUT2D eigenvalue weighted by molar-refractivity contribution is 5.78. The standard InChI is InChI=1S/C21H33N3O/c1-16(2)21(25)23-11-9-19(10-12-23)22-20-13-17(3)24(15-20)14-18-7-5-4-6-8-18/h4-8,16-17,19-20,22H,9-15H2,1-3H3. The van der Waals surface area contributed by atoms with E-state index in [2.05, 4.69) is 47.5 Å². The van der Waals surface area contributed by atoms with Gasteiger partial charge in [0.15, 0.2) is 0 Å². The minimum atomic E-state index is 0.117. The number of hydrogen-bond acceptors (Lipinski definition) is 3. The molecule has 25 heavy (non-hydrogen) atoms. The van der Waals surface area contributed by atoms with Crippen LogP contribution in [0.4, 0.5) is 0 Å². The van der Waals surface area contributed by atoms with Gasteiger partial charge in [-0.15, -0.1) is 0 Å². The first kappa shape index (κ1) is 18.4. The Morgan fingerprint density at radius 1 is 1.16 bits per heavy atom. The van der Waals surface area contributed by atoms with E-state index in [0.717, 1.165) is 39.0 Å². The molecule has 0 aliphatic carbocycles. The fourth-order valence-electron chi connectivity index (χ4n) is 4.22. The van der Waals surface area contributed by atoms with Crippen LogP contribution < -0.4 is 5.32 Å². The molecule has 2 fully saturated rings. The maximum absolute atomic E-state index is 12.1. The number of nitrogens with one attached hydrogen (secondary N) is 1. The van der Waals surface area contributed by atoms with E-state index < -0.39 is 0 Å². The van der Waals surface area contributed by atoms with Crippen molar-refractivity contribution in [3.63, 3.8) is 0 Å². The van der Waals surface area contributed by atoms with Gasteiger partial charge in [-0.2, -0.15) is 0 Å². The van der Waals surface area contributed by atoms with Gasteiger partial charge in [0.2, 0.25) is 5.91 Å². The summed E-state index contributed by atoms with van der Waals surface area (Å²) in [4.78, 5) is 16.7. The van der Waals surface area contributed by atoms with E-state index in [0.29, 0.717) is 24.0 Å². The van der Waals surface area contributed by atoms with Crippen LogP contribution in [0, 0.1) is 5.92 Å². The second kappa shape index (κ2) is 8.33. The van der Waals surface area contributed by atoms with E-state index in [4.69, 9.17) is 0 Å². The Bertz CT molecular complexity index is 552. The summed E-state index contributed by atoms with van der Waals surface area (Å²) in [6.45, 7) is 10.3. The second-order valence-corrected chi connectivity index (χ2v) is 8.12. The minimum absolute atomic E-state index is 0.117. The highest BCUT2D eigenvalue weighted by atomic mass is 16.2. The van der Waals surface area contributed by atoms with Crippen LogP contribution in [0.3, 0.4) is 0 Å². The average molecular weight is 344 g/mol. The molecule has 3 rings (SSSR count). The molecule has 0 spiro atoms. The van der Waals surface area contributed by atoms with Gasteiger partial charge in [0.25, 0.3) is 0 Å². The molecule has 1 amide bonds. The Balaban J connectivity index is 1.45. The van der Waals surface area contributed by atoms with Crippen molar-refractivity contribution in [2.24, 2.45) is 5.92 Å². The molecule has 2 aliphatic rings. The fourth-order valence-corrected chi connectivity index (χ4v) is 4.22. The first-order valence-electron chi connectivity index (χ1n) is 9.85. The second-order valence-electron chi connectivity index (χ2n) is 8.12. The molecule has 0 saturated carbocycles. The van der Waals surface area contributed by atoms with Gasteiger partial charge in [-0.25, -0.2) is 0 Å². The highest BCUT2D eigenvalue weighted by Gasteiger charge is 2.31. The number of nitrogens with zero attached hydrogens (tertiary/aromatic N) is 2. The molecule has 1 aromatic carbocycles. The first-order chi connectivity index (χ1) is 12.0. The number of benzene rings is 1. The Morgan fingerprint density at radius 2 is 1.84 bits per heavy atom. The van der Waals surface area contributed by atoms with Crippen LogP contribution in [0.2, 0.25) is 0 Å². The molecule has 2 aliphatic heterocycles. The van der Waals surface area contributed by atoms with Gasteiger partial charge in [0.1, 0.15) is 0 Å². The van der Waals surface area contributed by atoms with Gasteiger partial charge in [-0.3, -0.25) is 9.69 Å². The molecule has 1 aromatic rings. The number of rotatable bonds is 5. The molecule has 138 valence electrons. The summed E-state index contributed by atoms with van der Waals surface area (Å²) in [5.74, 6) is 0.425. The number of piperidine rings is 1. The Hall–Kier alpha value is -1.39. The van der Waals surface area contributed by atoms with Crippen molar-refractivity contribution in [2.45, 2.75) is 64.7 Å². The van der Waals surface area contributed by atoms with Crippen LogP contribution in [-0.4, -0.2) is 53.5 Å². The number of carbonyl (C=O) groups is 1. The molecule has 0 aromatic heterocycles. The Morgan fingerprint density at radius 3 is 2.48 bits per heavy atom. The minimum Gasteiger partial charge on any atom is -0.342 e. The third kappa shape index (κ3) is 4.83. The van der Waals surface area contributed by atoms with E-state index in [1.54, 1.807) is 0 Å². The van der Waals surface area contributed by atoms with E-state index >= 15 is 0 Å². The number of likely N-dealkylation sites (tertiary alicyclic amines) is 2. The normalized spacial score (nSPS) is 25.7. The van der Waals surface area contributed by atoms with Crippen molar-refractivity contribution in [3.05, 3.63) is 35.9 Å². The van der Waals surface area contributed by atoms with Crippen molar-refractivity contribution >= 4 is 5.91 Å². The molecular formula is C21H33N3O. The fraction of sp³-hybridized carbons (Fsp3) is 0.667. The van der Waals surface area contributed by atoms with Gasteiger partial charge in [-0.1, -0.05) is 44.2 Å². The molecule has 1 N–H and O–H groups in total. The topological polar surface area (TPSA) is 35.6 Å². The zero-order valence-electron chi connectivity index (χ0n) is 15.9. The van der Waals surface area contributed by atoms with E-state index in [9.17, 15) is 4.79 Å². The summed E-state index contributed by atoms with van der Waals surface area (Å²) in [6, 6.07) is 12.5. The van der Waals surface area contributed by atoms with Crippen LogP contribution in [0.25, 0.3) is 0 Å². The van der Waals surface area contributed by atoms with Gasteiger partial charge >= 0.3 is 0 Å². The lowest BCUT2D eigenvalue weighted by atomic mass is 10.0. The molecule has 4 nitrogen and oxygen atoms in total. The third-order valence-electron chi connectivity index (χ3n) is 5.70. The van der Waals surface area contributed by atoms with Crippen molar-refractivity contribution in [3.8, 4) is 0 Å². The Labute approximate surface area is 152 Å². The summed E-state index contributed by atoms with van der Waals surface area (Å²) in [6.07, 6.45) is 3.39.